The molecule has 0 aliphatic carbocycles. The summed E-state index contributed by atoms with van der Waals surface area (Å²) in [6.45, 7) is 2.54. The number of hydrogen-bond donors (Lipinski definition) is 1. The predicted molar refractivity (Wildman–Crippen MR) is 79.1 cm³/mol. The quantitative estimate of drug-likeness (QED) is 0.829. The Morgan fingerprint density at radius 3 is 2.62 bits per heavy atom. The van der Waals surface area contributed by atoms with E-state index in [-0.39, 0.29) is 12.4 Å². The Morgan fingerprint density at radius 2 is 1.95 bits per heavy atom. The molecule has 0 aromatic heterocycles. The first kappa shape index (κ1) is 15.2. The fourth-order valence-corrected chi connectivity index (χ4v) is 2.06. The molecule has 0 fully saturated rings. The maximum atomic E-state index is 13.4. The standard InChI is InChI=1S/C17H18FNO2/c1-2-21-17(20)16(14-9-6-10-15(18)11-14)19-12-13-7-4-3-5-8-13/h3-11,16,19H,2,12H2,1H3. The monoisotopic (exact) mass is 287 g/mol. The van der Waals surface area contributed by atoms with E-state index >= 15 is 0 Å². The Balaban J connectivity index is 2.14. The molecule has 21 heavy (non-hydrogen) atoms. The average Bonchev–Trinajstić information content (AvgIpc) is 2.49. The van der Waals surface area contributed by atoms with Crippen LogP contribution in [0, 0.1) is 5.82 Å². The molecule has 110 valence electrons. The van der Waals surface area contributed by atoms with Crippen molar-refractivity contribution in [2.75, 3.05) is 6.61 Å². The fourth-order valence-electron chi connectivity index (χ4n) is 2.06. The van der Waals surface area contributed by atoms with Crippen molar-refractivity contribution in [2.45, 2.75) is 19.5 Å². The number of rotatable bonds is 6. The minimum Gasteiger partial charge on any atom is -0.465 e. The molecule has 1 atom stereocenters. The summed E-state index contributed by atoms with van der Waals surface area (Å²) in [5.41, 5.74) is 1.60. The van der Waals surface area contributed by atoms with Gasteiger partial charge in [0.15, 0.2) is 0 Å². The molecule has 2 aromatic carbocycles. The zero-order chi connectivity index (χ0) is 15.1. The molecule has 1 N–H and O–H groups in total. The fraction of sp³-hybridized carbons (Fsp3) is 0.235. The summed E-state index contributed by atoms with van der Waals surface area (Å²) in [7, 11) is 0. The average molecular weight is 287 g/mol. The summed E-state index contributed by atoms with van der Waals surface area (Å²) in [6, 6.07) is 15.0. The van der Waals surface area contributed by atoms with Gasteiger partial charge in [0.05, 0.1) is 6.61 Å². The highest BCUT2D eigenvalue weighted by Gasteiger charge is 2.21. The largest absolute Gasteiger partial charge is 0.465 e. The van der Waals surface area contributed by atoms with Crippen molar-refractivity contribution < 1.29 is 13.9 Å². The van der Waals surface area contributed by atoms with E-state index in [1.807, 2.05) is 30.3 Å². The topological polar surface area (TPSA) is 38.3 Å². The summed E-state index contributed by atoms with van der Waals surface area (Å²) in [5.74, 6) is -0.776. The molecule has 0 bridgehead atoms. The molecular formula is C17H18FNO2. The molecular weight excluding hydrogens is 269 g/mol. The zero-order valence-electron chi connectivity index (χ0n) is 11.9. The number of carbonyl (C=O) groups is 1. The van der Waals surface area contributed by atoms with Crippen LogP contribution in [0.1, 0.15) is 24.1 Å². The van der Waals surface area contributed by atoms with Crippen molar-refractivity contribution in [3.05, 3.63) is 71.5 Å². The van der Waals surface area contributed by atoms with Gasteiger partial charge in [-0.3, -0.25) is 5.32 Å². The lowest BCUT2D eigenvalue weighted by molar-refractivity contribution is -0.145. The third-order valence-electron chi connectivity index (χ3n) is 3.06. The van der Waals surface area contributed by atoms with Gasteiger partial charge in [-0.2, -0.15) is 0 Å². The van der Waals surface area contributed by atoms with Gasteiger partial charge in [-0.25, -0.2) is 9.18 Å². The van der Waals surface area contributed by atoms with E-state index in [2.05, 4.69) is 5.32 Å². The van der Waals surface area contributed by atoms with E-state index in [9.17, 15) is 9.18 Å². The van der Waals surface area contributed by atoms with Crippen molar-refractivity contribution in [1.82, 2.24) is 5.32 Å². The summed E-state index contributed by atoms with van der Waals surface area (Å²) in [4.78, 5) is 12.1. The molecule has 0 saturated heterocycles. The Hall–Kier alpha value is -2.20. The number of esters is 1. The molecule has 4 heteroatoms. The minimum atomic E-state index is -0.680. The number of nitrogens with one attached hydrogen (secondary N) is 1. The normalized spacial score (nSPS) is 11.9. The Kier molecular flexibility index (Phi) is 5.46. The van der Waals surface area contributed by atoms with Gasteiger partial charge in [-0.1, -0.05) is 42.5 Å². The van der Waals surface area contributed by atoms with Gasteiger partial charge >= 0.3 is 5.97 Å². The molecule has 3 nitrogen and oxygen atoms in total. The number of benzene rings is 2. The molecule has 0 spiro atoms. The van der Waals surface area contributed by atoms with Crippen LogP contribution in [0.2, 0.25) is 0 Å². The van der Waals surface area contributed by atoms with Crippen LogP contribution >= 0.6 is 0 Å². The molecule has 0 saturated carbocycles. The van der Waals surface area contributed by atoms with Gasteiger partial charge in [0, 0.05) is 6.54 Å². The number of halogens is 1. The van der Waals surface area contributed by atoms with Crippen molar-refractivity contribution in [2.24, 2.45) is 0 Å². The van der Waals surface area contributed by atoms with E-state index < -0.39 is 12.0 Å². The molecule has 1 unspecified atom stereocenters. The van der Waals surface area contributed by atoms with Crippen LogP contribution in [0.25, 0.3) is 0 Å². The molecule has 0 aliphatic heterocycles. The minimum absolute atomic E-state index is 0.289. The summed E-state index contributed by atoms with van der Waals surface area (Å²) < 4.78 is 18.4. The third-order valence-corrected chi connectivity index (χ3v) is 3.06. The van der Waals surface area contributed by atoms with Gasteiger partial charge in [-0.15, -0.1) is 0 Å². The molecule has 0 aliphatic rings. The Bertz CT molecular complexity index is 586. The van der Waals surface area contributed by atoms with E-state index in [4.69, 9.17) is 4.74 Å². The van der Waals surface area contributed by atoms with Gasteiger partial charge in [0.25, 0.3) is 0 Å². The number of ether oxygens (including phenoxy) is 1. The van der Waals surface area contributed by atoms with Crippen molar-refractivity contribution in [1.29, 1.82) is 0 Å². The summed E-state index contributed by atoms with van der Waals surface area (Å²) in [5, 5.41) is 3.12. The second kappa shape index (κ2) is 7.55. The van der Waals surface area contributed by atoms with Gasteiger partial charge in [0.1, 0.15) is 11.9 Å². The van der Waals surface area contributed by atoms with Crippen molar-refractivity contribution >= 4 is 5.97 Å². The van der Waals surface area contributed by atoms with E-state index in [1.165, 1.54) is 12.1 Å². The molecule has 2 rings (SSSR count). The zero-order valence-corrected chi connectivity index (χ0v) is 11.9. The molecule has 0 amide bonds. The highest BCUT2D eigenvalue weighted by molar-refractivity contribution is 5.77. The first-order chi connectivity index (χ1) is 10.2. The second-order valence-corrected chi connectivity index (χ2v) is 4.61. The maximum absolute atomic E-state index is 13.4. The van der Waals surface area contributed by atoms with Crippen molar-refractivity contribution in [3.63, 3.8) is 0 Å². The highest BCUT2D eigenvalue weighted by atomic mass is 19.1. The van der Waals surface area contributed by atoms with Crippen LogP contribution in [0.15, 0.2) is 54.6 Å². The van der Waals surface area contributed by atoms with Gasteiger partial charge < -0.3 is 4.74 Å². The first-order valence-corrected chi connectivity index (χ1v) is 6.90. The Labute approximate surface area is 123 Å². The lowest BCUT2D eigenvalue weighted by Gasteiger charge is -2.18. The Morgan fingerprint density at radius 1 is 1.19 bits per heavy atom. The van der Waals surface area contributed by atoms with Crippen LogP contribution in [-0.4, -0.2) is 12.6 Å². The lowest BCUT2D eigenvalue weighted by atomic mass is 10.1. The molecule has 0 heterocycles. The maximum Gasteiger partial charge on any atom is 0.327 e. The smallest absolute Gasteiger partial charge is 0.327 e. The predicted octanol–water partition coefficient (Wildman–Crippen LogP) is 3.22. The van der Waals surface area contributed by atoms with Crippen molar-refractivity contribution in [3.8, 4) is 0 Å². The van der Waals surface area contributed by atoms with Gasteiger partial charge in [0.2, 0.25) is 0 Å². The van der Waals surface area contributed by atoms with E-state index in [0.717, 1.165) is 5.56 Å². The number of carbonyl (C=O) groups excluding carboxylic acids is 1. The molecule has 0 radical (unpaired) electrons. The molecule has 2 aromatic rings. The van der Waals surface area contributed by atoms with Crippen LogP contribution < -0.4 is 5.32 Å². The highest BCUT2D eigenvalue weighted by Crippen LogP contribution is 2.17. The summed E-state index contributed by atoms with van der Waals surface area (Å²) >= 11 is 0. The van der Waals surface area contributed by atoms with Crippen LogP contribution in [0.3, 0.4) is 0 Å². The first-order valence-electron chi connectivity index (χ1n) is 6.90. The van der Waals surface area contributed by atoms with Crippen LogP contribution in [0.4, 0.5) is 4.39 Å². The van der Waals surface area contributed by atoms with Gasteiger partial charge in [-0.05, 0) is 30.2 Å². The third kappa shape index (κ3) is 4.39. The SMILES string of the molecule is CCOC(=O)C(NCc1ccccc1)c1cccc(F)c1. The summed E-state index contributed by atoms with van der Waals surface area (Å²) in [6.07, 6.45) is 0. The lowest BCUT2D eigenvalue weighted by Crippen LogP contribution is -2.30. The van der Waals surface area contributed by atoms with Crippen LogP contribution in [-0.2, 0) is 16.1 Å². The van der Waals surface area contributed by atoms with Crippen LogP contribution in [0.5, 0.6) is 0 Å². The second-order valence-electron chi connectivity index (χ2n) is 4.61. The van der Waals surface area contributed by atoms with E-state index in [1.54, 1.807) is 19.1 Å². The number of hydrogen-bond acceptors (Lipinski definition) is 3. The van der Waals surface area contributed by atoms with E-state index in [0.29, 0.717) is 12.1 Å².